The van der Waals surface area contributed by atoms with Crippen molar-refractivity contribution < 1.29 is 23.9 Å². The number of amides is 3. The number of carbonyl (C=O) groups is 4. The molecule has 1 unspecified atom stereocenters. The van der Waals surface area contributed by atoms with Gasteiger partial charge >= 0.3 is 5.97 Å². The van der Waals surface area contributed by atoms with E-state index < -0.39 is 36.3 Å². The van der Waals surface area contributed by atoms with Gasteiger partial charge in [-0.05, 0) is 31.2 Å². The lowest BCUT2D eigenvalue weighted by Crippen LogP contribution is -2.38. The zero-order chi connectivity index (χ0) is 22.2. The molecule has 0 bridgehead atoms. The average molecular weight is 490 g/mol. The minimum absolute atomic E-state index is 0.0311. The highest BCUT2D eigenvalue weighted by Gasteiger charge is 2.38. The number of esters is 1. The lowest BCUT2D eigenvalue weighted by Gasteiger charge is -2.17. The molecule has 0 radical (unpaired) electrons. The molecule has 0 aliphatic carbocycles. The lowest BCUT2D eigenvalue weighted by atomic mass is 10.1. The van der Waals surface area contributed by atoms with Gasteiger partial charge in [-0.15, -0.1) is 0 Å². The van der Waals surface area contributed by atoms with Crippen LogP contribution in [-0.4, -0.2) is 41.2 Å². The summed E-state index contributed by atoms with van der Waals surface area (Å²) in [6, 6.07) is 7.17. The van der Waals surface area contributed by atoms with Crippen molar-refractivity contribution >= 4 is 75.8 Å². The minimum Gasteiger partial charge on any atom is -0.451 e. The molecule has 156 valence electrons. The summed E-state index contributed by atoms with van der Waals surface area (Å²) in [5.74, 6) is -3.06. The van der Waals surface area contributed by atoms with E-state index in [0.717, 1.165) is 0 Å². The topological polar surface area (TPSA) is 92.8 Å². The van der Waals surface area contributed by atoms with Crippen LogP contribution in [0.2, 0.25) is 20.1 Å². The molecule has 1 atom stereocenters. The Bertz CT molecular complexity index is 1050. The number of fused-ring (bicyclic) bond motifs is 1. The Morgan fingerprint density at radius 3 is 2.13 bits per heavy atom. The van der Waals surface area contributed by atoms with Gasteiger partial charge in [0.05, 0.1) is 36.9 Å². The summed E-state index contributed by atoms with van der Waals surface area (Å²) in [6.07, 6.45) is -1.23. The van der Waals surface area contributed by atoms with Crippen molar-refractivity contribution in [2.75, 3.05) is 11.9 Å². The normalized spacial score (nSPS) is 13.8. The van der Waals surface area contributed by atoms with Crippen LogP contribution in [0.25, 0.3) is 0 Å². The van der Waals surface area contributed by atoms with E-state index in [0.29, 0.717) is 4.90 Å². The molecule has 0 saturated carbocycles. The number of benzene rings is 2. The molecule has 3 amide bonds. The fraction of sp³-hybridized carbons (Fsp3) is 0.158. The maximum absolute atomic E-state index is 12.4. The number of imide groups is 1. The van der Waals surface area contributed by atoms with Gasteiger partial charge in [-0.3, -0.25) is 24.1 Å². The summed E-state index contributed by atoms with van der Waals surface area (Å²) in [5, 5.41) is 3.06. The largest absolute Gasteiger partial charge is 0.451 e. The Hall–Kier alpha value is -2.32. The molecule has 7 nitrogen and oxygen atoms in total. The number of nitrogens with one attached hydrogen (secondary N) is 1. The van der Waals surface area contributed by atoms with Crippen LogP contribution in [0.3, 0.4) is 0 Å². The summed E-state index contributed by atoms with van der Waals surface area (Å²) >= 11 is 23.7. The fourth-order valence-corrected chi connectivity index (χ4v) is 3.35. The molecule has 0 spiro atoms. The van der Waals surface area contributed by atoms with Crippen LogP contribution in [-0.2, 0) is 14.3 Å². The predicted molar refractivity (Wildman–Crippen MR) is 112 cm³/mol. The Morgan fingerprint density at radius 2 is 1.57 bits per heavy atom. The molecule has 0 saturated heterocycles. The monoisotopic (exact) mass is 488 g/mol. The molecular formula is C19H12Cl4N2O5. The van der Waals surface area contributed by atoms with Crippen molar-refractivity contribution in [3.8, 4) is 0 Å². The molecule has 1 N–H and O–H groups in total. The first kappa shape index (κ1) is 22.4. The van der Waals surface area contributed by atoms with Gasteiger partial charge in [-0.2, -0.15) is 0 Å². The van der Waals surface area contributed by atoms with Crippen molar-refractivity contribution in [1.82, 2.24) is 4.90 Å². The molecule has 0 fully saturated rings. The molecule has 1 heterocycles. The van der Waals surface area contributed by atoms with Crippen LogP contribution in [0.1, 0.15) is 27.6 Å². The zero-order valence-corrected chi connectivity index (χ0v) is 18.2. The standard InChI is InChI=1S/C19H12Cl4N2O5/c1-8(17(27)24-14-4-2-3-11(20)16(14)23)30-15(26)7-25-18(28)9-5-12(21)13(22)6-10(9)19(25)29/h2-6,8H,7H2,1H3,(H,24,27). The smallest absolute Gasteiger partial charge is 0.326 e. The number of ether oxygens (including phenoxy) is 1. The first-order valence-corrected chi connectivity index (χ1v) is 9.91. The van der Waals surface area contributed by atoms with Gasteiger partial charge in [0, 0.05) is 0 Å². The van der Waals surface area contributed by atoms with Crippen LogP contribution >= 0.6 is 46.4 Å². The van der Waals surface area contributed by atoms with Crippen LogP contribution in [0.5, 0.6) is 0 Å². The van der Waals surface area contributed by atoms with Gasteiger partial charge in [0.15, 0.2) is 6.10 Å². The van der Waals surface area contributed by atoms with Crippen LogP contribution in [0.4, 0.5) is 5.69 Å². The van der Waals surface area contributed by atoms with Gasteiger partial charge in [-0.25, -0.2) is 0 Å². The summed E-state index contributed by atoms with van der Waals surface area (Å²) in [5.41, 5.74) is 0.304. The fourth-order valence-electron chi connectivity index (χ4n) is 2.68. The number of rotatable bonds is 5. The SMILES string of the molecule is CC(OC(=O)CN1C(=O)c2cc(Cl)c(Cl)cc2C1=O)C(=O)Nc1cccc(Cl)c1Cl. The van der Waals surface area contributed by atoms with Crippen molar-refractivity contribution in [2.45, 2.75) is 13.0 Å². The van der Waals surface area contributed by atoms with Gasteiger partial charge in [-0.1, -0.05) is 52.5 Å². The van der Waals surface area contributed by atoms with Crippen LogP contribution in [0, 0.1) is 0 Å². The molecular weight excluding hydrogens is 478 g/mol. The number of hydrogen-bond acceptors (Lipinski definition) is 5. The summed E-state index contributed by atoms with van der Waals surface area (Å²) in [7, 11) is 0. The zero-order valence-electron chi connectivity index (χ0n) is 15.2. The third kappa shape index (κ3) is 4.39. The van der Waals surface area contributed by atoms with Crippen molar-refractivity contribution in [1.29, 1.82) is 0 Å². The second-order valence-electron chi connectivity index (χ2n) is 6.23. The quantitative estimate of drug-likeness (QED) is 0.494. The molecule has 2 aromatic carbocycles. The maximum atomic E-state index is 12.4. The van der Waals surface area contributed by atoms with Crippen LogP contribution in [0.15, 0.2) is 30.3 Å². The molecule has 2 aromatic rings. The van der Waals surface area contributed by atoms with E-state index in [4.69, 9.17) is 51.1 Å². The first-order valence-electron chi connectivity index (χ1n) is 8.39. The molecule has 3 rings (SSSR count). The van der Waals surface area contributed by atoms with E-state index >= 15 is 0 Å². The van der Waals surface area contributed by atoms with Gasteiger partial charge in [0.25, 0.3) is 17.7 Å². The highest BCUT2D eigenvalue weighted by atomic mass is 35.5. The molecule has 30 heavy (non-hydrogen) atoms. The van der Waals surface area contributed by atoms with E-state index in [-0.39, 0.29) is 36.9 Å². The number of nitrogens with zero attached hydrogens (tertiary/aromatic N) is 1. The molecule has 11 heteroatoms. The first-order chi connectivity index (χ1) is 14.1. The van der Waals surface area contributed by atoms with Crippen molar-refractivity contribution in [3.63, 3.8) is 0 Å². The minimum atomic E-state index is -1.23. The van der Waals surface area contributed by atoms with E-state index in [1.165, 1.54) is 25.1 Å². The van der Waals surface area contributed by atoms with Gasteiger partial charge < -0.3 is 10.1 Å². The highest BCUT2D eigenvalue weighted by Crippen LogP contribution is 2.32. The Balaban J connectivity index is 1.64. The van der Waals surface area contributed by atoms with E-state index in [9.17, 15) is 19.2 Å². The molecule has 1 aliphatic heterocycles. The highest BCUT2D eigenvalue weighted by molar-refractivity contribution is 6.44. The molecule has 1 aliphatic rings. The Labute approximate surface area is 190 Å². The van der Waals surface area contributed by atoms with Gasteiger partial charge in [0.1, 0.15) is 6.54 Å². The number of anilines is 1. The number of hydrogen-bond donors (Lipinski definition) is 1. The summed E-state index contributed by atoms with van der Waals surface area (Å²) in [4.78, 5) is 50.0. The third-order valence-corrected chi connectivity index (χ3v) is 5.73. The third-order valence-electron chi connectivity index (χ3n) is 4.19. The average Bonchev–Trinajstić information content (AvgIpc) is 2.90. The van der Waals surface area contributed by atoms with E-state index in [2.05, 4.69) is 5.32 Å². The lowest BCUT2D eigenvalue weighted by molar-refractivity contribution is -0.153. The van der Waals surface area contributed by atoms with Gasteiger partial charge in [0.2, 0.25) is 0 Å². The number of halogens is 4. The van der Waals surface area contributed by atoms with Crippen LogP contribution < -0.4 is 5.32 Å². The second kappa shape index (κ2) is 8.81. The van der Waals surface area contributed by atoms with Crippen molar-refractivity contribution in [2.24, 2.45) is 0 Å². The Kier molecular flexibility index (Phi) is 6.57. The number of carbonyl (C=O) groups excluding carboxylic acids is 4. The van der Waals surface area contributed by atoms with E-state index in [1.54, 1.807) is 12.1 Å². The second-order valence-corrected chi connectivity index (χ2v) is 7.83. The summed E-state index contributed by atoms with van der Waals surface area (Å²) < 4.78 is 5.03. The predicted octanol–water partition coefficient (Wildman–Crippen LogP) is 4.47. The maximum Gasteiger partial charge on any atom is 0.326 e. The van der Waals surface area contributed by atoms with E-state index in [1.807, 2.05) is 0 Å². The Morgan fingerprint density at radius 1 is 1.00 bits per heavy atom. The van der Waals surface area contributed by atoms with Crippen molar-refractivity contribution in [3.05, 3.63) is 61.5 Å². The summed E-state index contributed by atoms with van der Waals surface area (Å²) in [6.45, 7) is 0.644. The molecule has 0 aromatic heterocycles.